The number of nitrogens with one attached hydrogen (secondary N) is 1. The predicted octanol–water partition coefficient (Wildman–Crippen LogP) is 1.36. The van der Waals surface area contributed by atoms with E-state index in [-0.39, 0.29) is 11.9 Å². The Labute approximate surface area is 98.3 Å². The molecule has 1 unspecified atom stereocenters. The van der Waals surface area contributed by atoms with Gasteiger partial charge in [0.15, 0.2) is 0 Å². The summed E-state index contributed by atoms with van der Waals surface area (Å²) in [6.07, 6.45) is 4.24. The van der Waals surface area contributed by atoms with Crippen molar-refractivity contribution in [1.82, 2.24) is 10.2 Å². The summed E-state index contributed by atoms with van der Waals surface area (Å²) in [7, 11) is 0. The number of hydrogen-bond acceptors (Lipinski definition) is 3. The van der Waals surface area contributed by atoms with Crippen molar-refractivity contribution < 1.29 is 9.53 Å². The molecule has 1 aliphatic rings. The Bertz CT molecular complexity index is 209. The van der Waals surface area contributed by atoms with Crippen LogP contribution in [0.15, 0.2) is 0 Å². The average molecular weight is 228 g/mol. The van der Waals surface area contributed by atoms with Crippen molar-refractivity contribution in [3.8, 4) is 0 Å². The first-order chi connectivity index (χ1) is 7.79. The van der Waals surface area contributed by atoms with Crippen LogP contribution in [0.5, 0.6) is 0 Å². The molecule has 1 rings (SSSR count). The van der Waals surface area contributed by atoms with Gasteiger partial charge in [-0.15, -0.1) is 0 Å². The van der Waals surface area contributed by atoms with Gasteiger partial charge in [0.25, 0.3) is 0 Å². The van der Waals surface area contributed by atoms with E-state index in [1.54, 1.807) is 0 Å². The lowest BCUT2D eigenvalue weighted by Crippen LogP contribution is -2.32. The van der Waals surface area contributed by atoms with Gasteiger partial charge < -0.3 is 9.64 Å². The molecule has 0 saturated carbocycles. The third kappa shape index (κ3) is 4.10. The van der Waals surface area contributed by atoms with E-state index in [2.05, 4.69) is 19.2 Å². The molecule has 94 valence electrons. The Hall–Kier alpha value is -0.610. The predicted molar refractivity (Wildman–Crippen MR) is 64.1 cm³/mol. The van der Waals surface area contributed by atoms with Crippen LogP contribution in [0.3, 0.4) is 0 Å². The second-order valence-corrected chi connectivity index (χ2v) is 4.27. The summed E-state index contributed by atoms with van der Waals surface area (Å²) in [5.41, 5.74) is 0. The van der Waals surface area contributed by atoms with Crippen LogP contribution in [0.25, 0.3) is 0 Å². The number of amides is 1. The van der Waals surface area contributed by atoms with E-state index in [0.29, 0.717) is 13.3 Å². The van der Waals surface area contributed by atoms with Gasteiger partial charge >= 0.3 is 0 Å². The number of carbonyl (C=O) groups excluding carboxylic acids is 1. The Morgan fingerprint density at radius 1 is 1.38 bits per heavy atom. The van der Waals surface area contributed by atoms with E-state index in [0.717, 1.165) is 38.8 Å². The minimum Gasteiger partial charge on any atom is -0.380 e. The van der Waals surface area contributed by atoms with Crippen LogP contribution in [0, 0.1) is 0 Å². The molecule has 0 bridgehead atoms. The molecule has 1 amide bonds. The molecule has 4 nitrogen and oxygen atoms in total. The van der Waals surface area contributed by atoms with Crippen molar-refractivity contribution in [3.05, 3.63) is 0 Å². The van der Waals surface area contributed by atoms with E-state index in [9.17, 15) is 4.79 Å². The molecule has 1 heterocycles. The fourth-order valence-corrected chi connectivity index (χ4v) is 1.83. The topological polar surface area (TPSA) is 41.6 Å². The van der Waals surface area contributed by atoms with Crippen LogP contribution in [-0.4, -0.2) is 43.3 Å². The number of rotatable bonds is 8. The Balaban J connectivity index is 2.12. The lowest BCUT2D eigenvalue weighted by atomic mass is 10.2. The number of hydrogen-bond donors (Lipinski definition) is 1. The fourth-order valence-electron chi connectivity index (χ4n) is 1.83. The maximum absolute atomic E-state index is 11.8. The quantitative estimate of drug-likeness (QED) is 0.638. The molecule has 0 radical (unpaired) electrons. The lowest BCUT2D eigenvalue weighted by molar-refractivity contribution is -0.129. The lowest BCUT2D eigenvalue weighted by Gasteiger charge is -2.15. The van der Waals surface area contributed by atoms with Gasteiger partial charge in [-0.05, 0) is 12.8 Å². The van der Waals surface area contributed by atoms with Crippen LogP contribution < -0.4 is 5.32 Å². The largest absolute Gasteiger partial charge is 0.380 e. The van der Waals surface area contributed by atoms with Gasteiger partial charge in [0.1, 0.15) is 0 Å². The number of unbranched alkanes of at least 4 members (excludes halogenated alkanes) is 1. The van der Waals surface area contributed by atoms with E-state index >= 15 is 0 Å². The van der Waals surface area contributed by atoms with Crippen molar-refractivity contribution in [2.45, 2.75) is 45.6 Å². The zero-order chi connectivity index (χ0) is 11.8. The number of carbonyl (C=O) groups is 1. The highest BCUT2D eigenvalue weighted by Crippen LogP contribution is 2.08. The second kappa shape index (κ2) is 7.63. The second-order valence-electron chi connectivity index (χ2n) is 4.27. The van der Waals surface area contributed by atoms with Crippen molar-refractivity contribution >= 4 is 5.91 Å². The minimum atomic E-state index is 0.0423. The standard InChI is InChI=1S/C12H24N2O2/c1-3-5-8-16-9-7-14-10-13-11(6-4-2)12(14)15/h11,13H,3-10H2,1-2H3. The average Bonchev–Trinajstić information content (AvgIpc) is 2.62. The summed E-state index contributed by atoms with van der Waals surface area (Å²) in [5, 5.41) is 3.23. The van der Waals surface area contributed by atoms with E-state index in [4.69, 9.17) is 4.74 Å². The van der Waals surface area contributed by atoms with Gasteiger partial charge in [0.05, 0.1) is 19.3 Å². The van der Waals surface area contributed by atoms with E-state index in [1.165, 1.54) is 0 Å². The van der Waals surface area contributed by atoms with E-state index < -0.39 is 0 Å². The third-order valence-electron chi connectivity index (χ3n) is 2.86. The maximum atomic E-state index is 11.8. The van der Waals surface area contributed by atoms with Crippen molar-refractivity contribution in [2.24, 2.45) is 0 Å². The van der Waals surface area contributed by atoms with Crippen molar-refractivity contribution in [1.29, 1.82) is 0 Å². The molecule has 0 aromatic carbocycles. The molecule has 1 saturated heterocycles. The molecule has 1 N–H and O–H groups in total. The molecule has 1 fully saturated rings. The van der Waals surface area contributed by atoms with E-state index in [1.807, 2.05) is 4.90 Å². The van der Waals surface area contributed by atoms with Crippen LogP contribution >= 0.6 is 0 Å². The molecule has 4 heteroatoms. The number of nitrogens with zero attached hydrogens (tertiary/aromatic N) is 1. The Morgan fingerprint density at radius 2 is 2.19 bits per heavy atom. The normalized spacial score (nSPS) is 20.8. The molecule has 0 aliphatic carbocycles. The van der Waals surface area contributed by atoms with Crippen LogP contribution in [0.4, 0.5) is 0 Å². The molecule has 0 aromatic rings. The first-order valence-electron chi connectivity index (χ1n) is 6.39. The van der Waals surface area contributed by atoms with Gasteiger partial charge in [0, 0.05) is 13.2 Å². The Morgan fingerprint density at radius 3 is 2.88 bits per heavy atom. The van der Waals surface area contributed by atoms with Crippen LogP contribution in [0.2, 0.25) is 0 Å². The third-order valence-corrected chi connectivity index (χ3v) is 2.86. The molecule has 0 aromatic heterocycles. The van der Waals surface area contributed by atoms with Crippen molar-refractivity contribution in [2.75, 3.05) is 26.4 Å². The summed E-state index contributed by atoms with van der Waals surface area (Å²) in [6, 6.07) is 0.0423. The summed E-state index contributed by atoms with van der Waals surface area (Å²) in [4.78, 5) is 13.7. The first kappa shape index (κ1) is 13.5. The SMILES string of the molecule is CCCCOCCN1CNC(CCC)C1=O. The highest BCUT2D eigenvalue weighted by Gasteiger charge is 2.29. The molecule has 1 aliphatic heterocycles. The first-order valence-corrected chi connectivity index (χ1v) is 6.39. The number of ether oxygens (including phenoxy) is 1. The molecule has 1 atom stereocenters. The van der Waals surface area contributed by atoms with Gasteiger partial charge in [-0.2, -0.15) is 0 Å². The zero-order valence-electron chi connectivity index (χ0n) is 10.5. The van der Waals surface area contributed by atoms with Crippen LogP contribution in [-0.2, 0) is 9.53 Å². The maximum Gasteiger partial charge on any atom is 0.240 e. The molecular weight excluding hydrogens is 204 g/mol. The smallest absolute Gasteiger partial charge is 0.240 e. The monoisotopic (exact) mass is 228 g/mol. The minimum absolute atomic E-state index is 0.0423. The summed E-state index contributed by atoms with van der Waals surface area (Å²) >= 11 is 0. The van der Waals surface area contributed by atoms with Crippen molar-refractivity contribution in [3.63, 3.8) is 0 Å². The summed E-state index contributed by atoms with van der Waals surface area (Å²) in [6.45, 7) is 7.12. The van der Waals surface area contributed by atoms with Crippen LogP contribution in [0.1, 0.15) is 39.5 Å². The highest BCUT2D eigenvalue weighted by molar-refractivity contribution is 5.83. The summed E-state index contributed by atoms with van der Waals surface area (Å²) in [5.74, 6) is 0.237. The van der Waals surface area contributed by atoms with Gasteiger partial charge in [0.2, 0.25) is 5.91 Å². The molecule has 16 heavy (non-hydrogen) atoms. The van der Waals surface area contributed by atoms with Gasteiger partial charge in [-0.25, -0.2) is 0 Å². The fraction of sp³-hybridized carbons (Fsp3) is 0.917. The van der Waals surface area contributed by atoms with Gasteiger partial charge in [-0.1, -0.05) is 26.7 Å². The Kier molecular flexibility index (Phi) is 6.42. The van der Waals surface area contributed by atoms with Gasteiger partial charge in [-0.3, -0.25) is 10.1 Å². The summed E-state index contributed by atoms with van der Waals surface area (Å²) < 4.78 is 5.46. The molecule has 0 spiro atoms. The zero-order valence-corrected chi connectivity index (χ0v) is 10.5. The highest BCUT2D eigenvalue weighted by atomic mass is 16.5. The molecular formula is C12H24N2O2.